The zero-order valence-electron chi connectivity index (χ0n) is 15.4. The molecule has 1 rings (SSSR count). The minimum absolute atomic E-state index is 0.345. The van der Waals surface area contributed by atoms with Crippen molar-refractivity contribution in [3.05, 3.63) is 23.8 Å². The van der Waals surface area contributed by atoms with Crippen molar-refractivity contribution in [1.82, 2.24) is 0 Å². The number of carboxylic acid groups (broad SMARTS) is 1. The van der Waals surface area contributed by atoms with Crippen molar-refractivity contribution < 1.29 is 24.1 Å². The quantitative estimate of drug-likeness (QED) is 0.622. The van der Waals surface area contributed by atoms with E-state index in [1.807, 2.05) is 39.0 Å². The number of hydrogen-bond donors (Lipinski definition) is 1. The molecule has 1 atom stereocenters. The van der Waals surface area contributed by atoms with Crippen LogP contribution in [0.3, 0.4) is 0 Å². The van der Waals surface area contributed by atoms with Crippen LogP contribution in [0.4, 0.5) is 0 Å². The zero-order chi connectivity index (χ0) is 18.2. The Morgan fingerprint density at radius 1 is 1.21 bits per heavy atom. The average molecular weight is 338 g/mol. The molecule has 24 heavy (non-hydrogen) atoms. The number of carboxylic acids is 1. The maximum atomic E-state index is 11.5. The van der Waals surface area contributed by atoms with Gasteiger partial charge in [0.2, 0.25) is 0 Å². The molecule has 5 heteroatoms. The third-order valence-corrected chi connectivity index (χ3v) is 4.29. The van der Waals surface area contributed by atoms with Gasteiger partial charge in [0.1, 0.15) is 0 Å². The first-order valence-corrected chi connectivity index (χ1v) is 8.37. The molecule has 0 amide bonds. The van der Waals surface area contributed by atoms with E-state index in [1.54, 1.807) is 14.2 Å². The Balaban J connectivity index is 2.90. The molecular weight excluding hydrogens is 308 g/mol. The molecule has 0 radical (unpaired) electrons. The van der Waals surface area contributed by atoms with Gasteiger partial charge in [-0.25, -0.2) is 0 Å². The lowest BCUT2D eigenvalue weighted by atomic mass is 9.73. The second-order valence-electron chi connectivity index (χ2n) is 6.64. The highest BCUT2D eigenvalue weighted by molar-refractivity contribution is 5.71. The second-order valence-corrected chi connectivity index (χ2v) is 6.64. The standard InChI is InChI=1S/C19H30O5/c1-6-15(18(20)21)19(2,3)13-14-8-9-16(23-5)17(12-14)24-11-7-10-22-4/h8-9,12,15H,6-7,10-11,13H2,1-5H3,(H,20,21). The number of carbonyl (C=O) groups is 1. The summed E-state index contributed by atoms with van der Waals surface area (Å²) < 4.78 is 16.2. The van der Waals surface area contributed by atoms with Gasteiger partial charge in [-0.2, -0.15) is 0 Å². The van der Waals surface area contributed by atoms with E-state index in [0.717, 1.165) is 12.0 Å². The Bertz CT molecular complexity index is 524. The minimum Gasteiger partial charge on any atom is -0.493 e. The fraction of sp³-hybridized carbons (Fsp3) is 0.632. The van der Waals surface area contributed by atoms with Gasteiger partial charge in [0.05, 0.1) is 19.6 Å². The van der Waals surface area contributed by atoms with E-state index in [2.05, 4.69) is 0 Å². The summed E-state index contributed by atoms with van der Waals surface area (Å²) in [5.74, 6) is 0.238. The van der Waals surface area contributed by atoms with Crippen LogP contribution in [-0.4, -0.2) is 38.5 Å². The van der Waals surface area contributed by atoms with E-state index in [9.17, 15) is 9.90 Å². The summed E-state index contributed by atoms with van der Waals surface area (Å²) in [6, 6.07) is 5.79. The van der Waals surface area contributed by atoms with Crippen molar-refractivity contribution in [2.45, 2.75) is 40.0 Å². The van der Waals surface area contributed by atoms with E-state index in [0.29, 0.717) is 37.6 Å². The van der Waals surface area contributed by atoms with Crippen LogP contribution < -0.4 is 9.47 Å². The van der Waals surface area contributed by atoms with Crippen molar-refractivity contribution in [2.24, 2.45) is 11.3 Å². The van der Waals surface area contributed by atoms with Gasteiger partial charge in [-0.05, 0) is 36.0 Å². The number of hydrogen-bond acceptors (Lipinski definition) is 4. The molecule has 0 spiro atoms. The maximum absolute atomic E-state index is 11.5. The molecular formula is C19H30O5. The van der Waals surface area contributed by atoms with Gasteiger partial charge in [-0.1, -0.05) is 26.8 Å². The van der Waals surface area contributed by atoms with Crippen LogP contribution in [-0.2, 0) is 16.0 Å². The SMILES string of the molecule is CCC(C(=O)O)C(C)(C)Cc1ccc(OC)c(OCCCOC)c1. The summed E-state index contributed by atoms with van der Waals surface area (Å²) >= 11 is 0. The van der Waals surface area contributed by atoms with Crippen molar-refractivity contribution >= 4 is 5.97 Å². The molecule has 0 aliphatic heterocycles. The predicted octanol–water partition coefficient (Wildman–Crippen LogP) is 3.79. The summed E-state index contributed by atoms with van der Waals surface area (Å²) in [6.45, 7) is 7.10. The van der Waals surface area contributed by atoms with E-state index >= 15 is 0 Å². The van der Waals surface area contributed by atoms with Gasteiger partial charge in [-0.3, -0.25) is 4.79 Å². The third-order valence-electron chi connectivity index (χ3n) is 4.29. The van der Waals surface area contributed by atoms with Crippen LogP contribution in [0.15, 0.2) is 18.2 Å². The Kier molecular flexibility index (Phi) is 8.05. The van der Waals surface area contributed by atoms with Crippen molar-refractivity contribution in [3.63, 3.8) is 0 Å². The summed E-state index contributed by atoms with van der Waals surface area (Å²) in [5.41, 5.74) is 0.699. The first kappa shape index (κ1) is 20.3. The first-order valence-electron chi connectivity index (χ1n) is 8.37. The van der Waals surface area contributed by atoms with Gasteiger partial charge in [0.25, 0.3) is 0 Å². The van der Waals surface area contributed by atoms with Gasteiger partial charge in [-0.15, -0.1) is 0 Å². The monoisotopic (exact) mass is 338 g/mol. The molecule has 136 valence electrons. The number of rotatable bonds is 11. The molecule has 0 aliphatic carbocycles. The zero-order valence-corrected chi connectivity index (χ0v) is 15.4. The number of ether oxygens (including phenoxy) is 3. The molecule has 0 fully saturated rings. The third kappa shape index (κ3) is 5.71. The molecule has 5 nitrogen and oxygen atoms in total. The Hall–Kier alpha value is -1.75. The fourth-order valence-corrected chi connectivity index (χ4v) is 3.04. The topological polar surface area (TPSA) is 65.0 Å². The lowest BCUT2D eigenvalue weighted by Gasteiger charge is -2.31. The Labute approximate surface area is 144 Å². The Morgan fingerprint density at radius 2 is 1.92 bits per heavy atom. The van der Waals surface area contributed by atoms with Crippen LogP contribution in [0.25, 0.3) is 0 Å². The number of benzene rings is 1. The fourth-order valence-electron chi connectivity index (χ4n) is 3.04. The highest BCUT2D eigenvalue weighted by Crippen LogP contribution is 2.36. The lowest BCUT2D eigenvalue weighted by molar-refractivity contribution is -0.146. The number of methoxy groups -OCH3 is 2. The van der Waals surface area contributed by atoms with Crippen LogP contribution >= 0.6 is 0 Å². The molecule has 0 bridgehead atoms. The van der Waals surface area contributed by atoms with E-state index in [1.165, 1.54) is 0 Å². The minimum atomic E-state index is -0.743. The summed E-state index contributed by atoms with van der Waals surface area (Å²) in [4.78, 5) is 11.5. The maximum Gasteiger partial charge on any atom is 0.307 e. The van der Waals surface area contributed by atoms with Crippen LogP contribution in [0.1, 0.15) is 39.2 Å². The largest absolute Gasteiger partial charge is 0.493 e. The molecule has 1 unspecified atom stereocenters. The summed E-state index contributed by atoms with van der Waals surface area (Å²) in [5, 5.41) is 9.43. The molecule has 0 saturated carbocycles. The van der Waals surface area contributed by atoms with Gasteiger partial charge >= 0.3 is 5.97 Å². The molecule has 0 saturated heterocycles. The van der Waals surface area contributed by atoms with E-state index in [4.69, 9.17) is 14.2 Å². The smallest absolute Gasteiger partial charge is 0.307 e. The van der Waals surface area contributed by atoms with Crippen LogP contribution in [0.2, 0.25) is 0 Å². The molecule has 1 aromatic carbocycles. The van der Waals surface area contributed by atoms with Crippen LogP contribution in [0.5, 0.6) is 11.5 Å². The predicted molar refractivity (Wildman–Crippen MR) is 93.9 cm³/mol. The molecule has 0 aliphatic rings. The van der Waals surface area contributed by atoms with E-state index in [-0.39, 0.29) is 11.3 Å². The van der Waals surface area contributed by atoms with Crippen LogP contribution in [0, 0.1) is 11.3 Å². The average Bonchev–Trinajstić information content (AvgIpc) is 2.51. The summed E-state index contributed by atoms with van der Waals surface area (Å²) in [7, 11) is 3.27. The first-order chi connectivity index (χ1) is 11.4. The molecule has 0 aromatic heterocycles. The molecule has 1 N–H and O–H groups in total. The lowest BCUT2D eigenvalue weighted by Crippen LogP contribution is -2.32. The normalized spacial score (nSPS) is 12.7. The highest BCUT2D eigenvalue weighted by atomic mass is 16.5. The molecule has 0 heterocycles. The van der Waals surface area contributed by atoms with Crippen molar-refractivity contribution in [3.8, 4) is 11.5 Å². The van der Waals surface area contributed by atoms with E-state index < -0.39 is 5.97 Å². The Morgan fingerprint density at radius 3 is 2.46 bits per heavy atom. The van der Waals surface area contributed by atoms with Gasteiger partial charge in [0.15, 0.2) is 11.5 Å². The van der Waals surface area contributed by atoms with Gasteiger partial charge < -0.3 is 19.3 Å². The summed E-state index contributed by atoms with van der Waals surface area (Å²) in [6.07, 6.45) is 2.07. The highest BCUT2D eigenvalue weighted by Gasteiger charge is 2.34. The number of aliphatic carboxylic acids is 1. The molecule has 1 aromatic rings. The van der Waals surface area contributed by atoms with Crippen molar-refractivity contribution in [1.29, 1.82) is 0 Å². The van der Waals surface area contributed by atoms with Crippen molar-refractivity contribution in [2.75, 3.05) is 27.4 Å². The second kappa shape index (κ2) is 9.52. The van der Waals surface area contributed by atoms with Gasteiger partial charge in [0, 0.05) is 20.1 Å².